The first-order chi connectivity index (χ1) is 11.7. The highest BCUT2D eigenvalue weighted by molar-refractivity contribution is 6.30. The Balaban J connectivity index is 1.53. The van der Waals surface area contributed by atoms with Crippen LogP contribution in [0.4, 0.5) is 10.5 Å². The molecule has 1 N–H and O–H groups in total. The summed E-state index contributed by atoms with van der Waals surface area (Å²) in [5.74, 6) is 0. The van der Waals surface area contributed by atoms with Crippen molar-refractivity contribution in [2.24, 2.45) is 0 Å². The second kappa shape index (κ2) is 8.18. The predicted octanol–water partition coefficient (Wildman–Crippen LogP) is 4.08. The van der Waals surface area contributed by atoms with E-state index in [1.54, 1.807) is 12.1 Å². The lowest BCUT2D eigenvalue weighted by atomic mass is 10.2. The van der Waals surface area contributed by atoms with Crippen molar-refractivity contribution >= 4 is 23.3 Å². The van der Waals surface area contributed by atoms with Crippen molar-refractivity contribution in [3.8, 4) is 0 Å². The molecule has 0 spiro atoms. The molecular weight excluding hydrogens is 322 g/mol. The summed E-state index contributed by atoms with van der Waals surface area (Å²) in [5.41, 5.74) is 2.09. The smallest absolute Gasteiger partial charge is 0.321 e. The van der Waals surface area contributed by atoms with Gasteiger partial charge in [-0.25, -0.2) is 4.79 Å². The number of benzene rings is 2. The van der Waals surface area contributed by atoms with Crippen molar-refractivity contribution < 1.29 is 4.79 Å². The molecule has 1 aliphatic rings. The standard InChI is InChI=1S/C19H22ClN3O/c20-17-7-9-18(10-8-17)21-19(24)23-12-4-11-22(13-14-23)15-16-5-2-1-3-6-16/h1-3,5-10H,4,11-15H2,(H,21,24). The summed E-state index contributed by atoms with van der Waals surface area (Å²) >= 11 is 5.87. The van der Waals surface area contributed by atoms with Gasteiger partial charge in [0.25, 0.3) is 0 Å². The minimum Gasteiger partial charge on any atom is -0.323 e. The zero-order valence-electron chi connectivity index (χ0n) is 13.6. The van der Waals surface area contributed by atoms with Gasteiger partial charge in [0, 0.05) is 43.4 Å². The van der Waals surface area contributed by atoms with E-state index in [0.717, 1.165) is 44.8 Å². The maximum absolute atomic E-state index is 12.4. The van der Waals surface area contributed by atoms with Crippen molar-refractivity contribution in [1.29, 1.82) is 0 Å². The third-order valence-corrected chi connectivity index (χ3v) is 4.47. The zero-order valence-corrected chi connectivity index (χ0v) is 14.4. The van der Waals surface area contributed by atoms with Crippen LogP contribution >= 0.6 is 11.6 Å². The van der Waals surface area contributed by atoms with Gasteiger partial charge in [-0.3, -0.25) is 4.90 Å². The molecule has 5 heteroatoms. The van der Waals surface area contributed by atoms with Gasteiger partial charge in [-0.2, -0.15) is 0 Å². The Hall–Kier alpha value is -2.04. The Morgan fingerprint density at radius 2 is 1.71 bits per heavy atom. The number of urea groups is 1. The third kappa shape index (κ3) is 4.73. The van der Waals surface area contributed by atoms with Gasteiger partial charge in [0.05, 0.1) is 0 Å². The number of rotatable bonds is 3. The van der Waals surface area contributed by atoms with Crippen LogP contribution in [0.3, 0.4) is 0 Å². The Kier molecular flexibility index (Phi) is 5.72. The fourth-order valence-electron chi connectivity index (χ4n) is 2.91. The highest BCUT2D eigenvalue weighted by Crippen LogP contribution is 2.15. The SMILES string of the molecule is O=C(Nc1ccc(Cl)cc1)N1CCCN(Cc2ccccc2)CC1. The molecule has 3 rings (SSSR count). The molecular formula is C19H22ClN3O. The van der Waals surface area contributed by atoms with E-state index >= 15 is 0 Å². The molecule has 1 heterocycles. The van der Waals surface area contributed by atoms with Gasteiger partial charge < -0.3 is 10.2 Å². The summed E-state index contributed by atoms with van der Waals surface area (Å²) in [5, 5.41) is 3.61. The van der Waals surface area contributed by atoms with E-state index in [9.17, 15) is 4.79 Å². The number of hydrogen-bond donors (Lipinski definition) is 1. The van der Waals surface area contributed by atoms with Crippen LogP contribution in [0.5, 0.6) is 0 Å². The van der Waals surface area contributed by atoms with E-state index in [0.29, 0.717) is 5.02 Å². The first-order valence-corrected chi connectivity index (χ1v) is 8.66. The molecule has 0 bridgehead atoms. The van der Waals surface area contributed by atoms with Crippen molar-refractivity contribution in [2.75, 3.05) is 31.5 Å². The summed E-state index contributed by atoms with van der Waals surface area (Å²) < 4.78 is 0. The van der Waals surface area contributed by atoms with Gasteiger partial charge >= 0.3 is 6.03 Å². The number of amides is 2. The van der Waals surface area contributed by atoms with Crippen LogP contribution in [-0.2, 0) is 6.54 Å². The molecule has 0 aromatic heterocycles. The van der Waals surface area contributed by atoms with Crippen molar-refractivity contribution in [3.05, 3.63) is 65.2 Å². The average molecular weight is 344 g/mol. The molecule has 0 aliphatic carbocycles. The number of carbonyl (C=O) groups excluding carboxylic acids is 1. The number of nitrogens with zero attached hydrogens (tertiary/aromatic N) is 2. The van der Waals surface area contributed by atoms with Crippen LogP contribution in [0.15, 0.2) is 54.6 Å². The fraction of sp³-hybridized carbons (Fsp3) is 0.316. The molecule has 4 nitrogen and oxygen atoms in total. The van der Waals surface area contributed by atoms with E-state index in [2.05, 4.69) is 34.5 Å². The summed E-state index contributed by atoms with van der Waals surface area (Å²) in [6.45, 7) is 4.37. The monoisotopic (exact) mass is 343 g/mol. The number of anilines is 1. The summed E-state index contributed by atoms with van der Waals surface area (Å²) in [7, 11) is 0. The van der Waals surface area contributed by atoms with Crippen molar-refractivity contribution in [2.45, 2.75) is 13.0 Å². The number of nitrogens with one attached hydrogen (secondary N) is 1. The van der Waals surface area contributed by atoms with Crippen LogP contribution in [0, 0.1) is 0 Å². The topological polar surface area (TPSA) is 35.6 Å². The average Bonchev–Trinajstić information content (AvgIpc) is 2.83. The fourth-order valence-corrected chi connectivity index (χ4v) is 3.04. The molecule has 0 unspecified atom stereocenters. The quantitative estimate of drug-likeness (QED) is 0.911. The van der Waals surface area contributed by atoms with E-state index in [1.165, 1.54) is 5.56 Å². The Morgan fingerprint density at radius 1 is 0.958 bits per heavy atom. The van der Waals surface area contributed by atoms with Gasteiger partial charge in [0.1, 0.15) is 0 Å². The predicted molar refractivity (Wildman–Crippen MR) is 98.4 cm³/mol. The Labute approximate surface area is 148 Å². The molecule has 0 radical (unpaired) electrons. The lowest BCUT2D eigenvalue weighted by Crippen LogP contribution is -2.38. The minimum absolute atomic E-state index is 0.0427. The second-order valence-corrected chi connectivity index (χ2v) is 6.48. The first kappa shape index (κ1) is 16.8. The lowest BCUT2D eigenvalue weighted by Gasteiger charge is -2.22. The number of carbonyl (C=O) groups is 1. The normalized spacial score (nSPS) is 15.8. The highest BCUT2D eigenvalue weighted by atomic mass is 35.5. The molecule has 126 valence electrons. The Morgan fingerprint density at radius 3 is 2.46 bits per heavy atom. The molecule has 1 aliphatic heterocycles. The second-order valence-electron chi connectivity index (χ2n) is 6.04. The lowest BCUT2D eigenvalue weighted by molar-refractivity contribution is 0.211. The van der Waals surface area contributed by atoms with Crippen molar-refractivity contribution in [1.82, 2.24) is 9.80 Å². The largest absolute Gasteiger partial charge is 0.323 e. The van der Waals surface area contributed by atoms with E-state index in [4.69, 9.17) is 11.6 Å². The van der Waals surface area contributed by atoms with Gasteiger partial charge in [0.2, 0.25) is 0 Å². The summed E-state index contributed by atoms with van der Waals surface area (Å²) in [4.78, 5) is 16.7. The molecule has 1 fully saturated rings. The van der Waals surface area contributed by atoms with Gasteiger partial charge in [-0.05, 0) is 36.2 Å². The van der Waals surface area contributed by atoms with E-state index in [-0.39, 0.29) is 6.03 Å². The number of hydrogen-bond acceptors (Lipinski definition) is 2. The van der Waals surface area contributed by atoms with Gasteiger partial charge in [0.15, 0.2) is 0 Å². The van der Waals surface area contributed by atoms with Crippen molar-refractivity contribution in [3.63, 3.8) is 0 Å². The molecule has 24 heavy (non-hydrogen) atoms. The summed E-state index contributed by atoms with van der Waals surface area (Å²) in [6.07, 6.45) is 0.987. The van der Waals surface area contributed by atoms with Crippen LogP contribution in [0.25, 0.3) is 0 Å². The van der Waals surface area contributed by atoms with E-state index < -0.39 is 0 Å². The van der Waals surface area contributed by atoms with Crippen LogP contribution < -0.4 is 5.32 Å². The van der Waals surface area contributed by atoms with Gasteiger partial charge in [-0.1, -0.05) is 41.9 Å². The van der Waals surface area contributed by atoms with Crippen LogP contribution in [0.2, 0.25) is 5.02 Å². The third-order valence-electron chi connectivity index (χ3n) is 4.22. The number of halogens is 1. The van der Waals surface area contributed by atoms with Crippen LogP contribution in [0.1, 0.15) is 12.0 Å². The zero-order chi connectivity index (χ0) is 16.8. The molecule has 2 amide bonds. The van der Waals surface area contributed by atoms with Crippen LogP contribution in [-0.4, -0.2) is 42.0 Å². The molecule has 0 atom stereocenters. The molecule has 0 saturated carbocycles. The maximum Gasteiger partial charge on any atom is 0.321 e. The van der Waals surface area contributed by atoms with Gasteiger partial charge in [-0.15, -0.1) is 0 Å². The first-order valence-electron chi connectivity index (χ1n) is 8.28. The maximum atomic E-state index is 12.4. The Bertz CT molecular complexity index is 660. The highest BCUT2D eigenvalue weighted by Gasteiger charge is 2.19. The molecule has 1 saturated heterocycles. The van der Waals surface area contributed by atoms with E-state index in [1.807, 2.05) is 23.1 Å². The minimum atomic E-state index is -0.0427. The molecule has 2 aromatic rings. The molecule has 2 aromatic carbocycles. The summed E-state index contributed by atoms with van der Waals surface area (Å²) in [6, 6.07) is 17.6.